The zero-order chi connectivity index (χ0) is 29.1. The van der Waals surface area contributed by atoms with Crippen LogP contribution in [0.3, 0.4) is 0 Å². The zero-order valence-electron chi connectivity index (χ0n) is 22.2. The summed E-state index contributed by atoms with van der Waals surface area (Å²) in [5, 5.41) is 2.99. The highest BCUT2D eigenvalue weighted by Gasteiger charge is 2.49. The Hall–Kier alpha value is -3.41. The Morgan fingerprint density at radius 2 is 1.70 bits per heavy atom. The van der Waals surface area contributed by atoms with Crippen molar-refractivity contribution >= 4 is 21.6 Å². The van der Waals surface area contributed by atoms with Gasteiger partial charge in [-0.3, -0.25) is 9.10 Å². The highest BCUT2D eigenvalue weighted by molar-refractivity contribution is 7.93. The molecule has 0 radical (unpaired) electrons. The molecule has 4 rings (SSSR count). The zero-order valence-corrected chi connectivity index (χ0v) is 23.1. The number of carbonyl (C=O) groups is 1. The monoisotopic (exact) mass is 575 g/mol. The minimum atomic E-state index is -5.69. The molecule has 7 nitrogen and oxygen atoms in total. The number of anilines is 1. The molecule has 3 aromatic carbocycles. The lowest BCUT2D eigenvalue weighted by Crippen LogP contribution is -2.43. The molecule has 3 aromatic rings. The molecule has 214 valence electrons. The number of nitrogens with one attached hydrogen (secondary N) is 1. The second kappa shape index (κ2) is 11.6. The van der Waals surface area contributed by atoms with Crippen molar-refractivity contribution < 1.29 is 31.1 Å². The molecule has 4 bridgehead atoms. The smallest absolute Gasteiger partial charge is 0.375 e. The maximum absolute atomic E-state index is 13.5. The van der Waals surface area contributed by atoms with Crippen molar-refractivity contribution in [3.8, 4) is 0 Å². The molecule has 0 aliphatic carbocycles. The number of fused-ring (bicyclic) bond motifs is 4. The minimum Gasteiger partial charge on any atom is -0.375 e. The molecule has 11 heteroatoms. The third-order valence-electron chi connectivity index (χ3n) is 6.79. The van der Waals surface area contributed by atoms with Crippen LogP contribution in [-0.4, -0.2) is 39.0 Å². The highest BCUT2D eigenvalue weighted by atomic mass is 32.2. The Labute approximate surface area is 232 Å². The third-order valence-corrected chi connectivity index (χ3v) is 8.30. The van der Waals surface area contributed by atoms with Crippen molar-refractivity contribution in [2.45, 2.75) is 49.9 Å². The molecule has 1 aliphatic heterocycles. The first-order valence-electron chi connectivity index (χ1n) is 12.7. The molecule has 0 aromatic heterocycles. The van der Waals surface area contributed by atoms with Gasteiger partial charge >= 0.3 is 15.5 Å². The molecule has 0 spiro atoms. The number of halogens is 3. The number of hydrogen-bond donors (Lipinski definition) is 2. The van der Waals surface area contributed by atoms with E-state index in [4.69, 9.17) is 10.5 Å². The molecule has 3 N–H and O–H groups in total. The molecular weight excluding hydrogens is 543 g/mol. The van der Waals surface area contributed by atoms with E-state index in [2.05, 4.69) is 11.4 Å². The van der Waals surface area contributed by atoms with Gasteiger partial charge in [0.25, 0.3) is 5.91 Å². The first kappa shape index (κ1) is 29.6. The van der Waals surface area contributed by atoms with Crippen LogP contribution in [0.2, 0.25) is 0 Å². The molecule has 0 saturated heterocycles. The van der Waals surface area contributed by atoms with Crippen molar-refractivity contribution in [3.63, 3.8) is 0 Å². The number of amides is 1. The van der Waals surface area contributed by atoms with Crippen LogP contribution in [0.25, 0.3) is 0 Å². The number of sulfonamides is 1. The Bertz CT molecular complexity index is 1460. The maximum atomic E-state index is 13.5. The van der Waals surface area contributed by atoms with Gasteiger partial charge in [0.2, 0.25) is 0 Å². The summed E-state index contributed by atoms with van der Waals surface area (Å²) in [5.41, 5.74) is 3.22. The molecule has 1 heterocycles. The van der Waals surface area contributed by atoms with Crippen LogP contribution in [0.4, 0.5) is 18.9 Å². The lowest BCUT2D eigenvalue weighted by molar-refractivity contribution is -0.0437. The normalized spacial score (nSPS) is 20.9. The maximum Gasteiger partial charge on any atom is 0.516 e. The van der Waals surface area contributed by atoms with Crippen LogP contribution >= 0.6 is 0 Å². The van der Waals surface area contributed by atoms with Crippen molar-refractivity contribution in [2.24, 2.45) is 5.73 Å². The first-order valence-corrected chi connectivity index (χ1v) is 14.2. The second-order valence-electron chi connectivity index (χ2n) is 10.4. The Balaban J connectivity index is 1.76. The molecule has 2 unspecified atom stereocenters. The Morgan fingerprint density at radius 1 is 1.00 bits per heavy atom. The van der Waals surface area contributed by atoms with E-state index in [1.807, 2.05) is 55.5 Å². The van der Waals surface area contributed by atoms with E-state index in [-0.39, 0.29) is 28.8 Å². The predicted molar refractivity (Wildman–Crippen MR) is 147 cm³/mol. The van der Waals surface area contributed by atoms with Crippen molar-refractivity contribution in [2.75, 3.05) is 18.0 Å². The van der Waals surface area contributed by atoms with Crippen LogP contribution in [0.5, 0.6) is 0 Å². The molecule has 1 amide bonds. The number of hydrogen-bond acceptors (Lipinski definition) is 5. The number of ether oxygens (including phenoxy) is 1. The summed E-state index contributed by atoms with van der Waals surface area (Å²) in [5.74, 6) is -0.556. The summed E-state index contributed by atoms with van der Waals surface area (Å²) in [6.45, 7) is 1.87. The van der Waals surface area contributed by atoms with Gasteiger partial charge in [0.1, 0.15) is 0 Å². The fourth-order valence-electron chi connectivity index (χ4n) is 4.74. The van der Waals surface area contributed by atoms with Gasteiger partial charge < -0.3 is 15.8 Å². The first-order chi connectivity index (χ1) is 18.7. The summed E-state index contributed by atoms with van der Waals surface area (Å²) < 4.78 is 70.2. The van der Waals surface area contributed by atoms with Gasteiger partial charge in [-0.25, -0.2) is 0 Å². The standard InChI is InChI=1S/C29H32F3N3O4S/c1-28(33)17-21-8-6-7-20(13-21)11-12-26(23-9-4-3-5-10-23)34-27(36)24-14-22(18-39-19-28)15-25(16-24)35(2)40(37,38)29(30,31)32/h3-10,13-16,26H,11-12,17-19,33H2,1-2H3,(H,34,36). The summed E-state index contributed by atoms with van der Waals surface area (Å²) >= 11 is 0. The molecule has 40 heavy (non-hydrogen) atoms. The lowest BCUT2D eigenvalue weighted by Gasteiger charge is -2.26. The number of nitrogens with two attached hydrogens (primary N) is 1. The average Bonchev–Trinajstić information content (AvgIpc) is 2.89. The summed E-state index contributed by atoms with van der Waals surface area (Å²) in [7, 11) is -4.89. The van der Waals surface area contributed by atoms with Crippen LogP contribution in [0.1, 0.15) is 52.0 Å². The summed E-state index contributed by atoms with van der Waals surface area (Å²) in [6.07, 6.45) is 1.72. The van der Waals surface area contributed by atoms with E-state index in [1.54, 1.807) is 0 Å². The van der Waals surface area contributed by atoms with E-state index < -0.39 is 33.0 Å². The lowest BCUT2D eigenvalue weighted by atomic mass is 9.92. The number of benzene rings is 3. The van der Waals surface area contributed by atoms with E-state index in [0.717, 1.165) is 29.8 Å². The number of alkyl halides is 3. The molecule has 0 saturated carbocycles. The van der Waals surface area contributed by atoms with Gasteiger partial charge in [0, 0.05) is 18.2 Å². The fourth-order valence-corrected chi connectivity index (χ4v) is 5.43. The van der Waals surface area contributed by atoms with Crippen LogP contribution in [0.15, 0.2) is 72.8 Å². The van der Waals surface area contributed by atoms with E-state index in [1.165, 1.54) is 12.1 Å². The molecular formula is C29H32F3N3O4S. The van der Waals surface area contributed by atoms with Crippen molar-refractivity contribution in [1.29, 1.82) is 0 Å². The SMILES string of the molecule is CN(c1cc2cc(c1)C(=O)NC(c1ccccc1)CCc1cccc(c1)CC(C)(N)COC2)S(=O)(=O)C(F)(F)F. The number of aryl methyl sites for hydroxylation is 1. The average molecular weight is 576 g/mol. The largest absolute Gasteiger partial charge is 0.516 e. The summed E-state index contributed by atoms with van der Waals surface area (Å²) in [4.78, 5) is 13.5. The molecule has 0 fully saturated rings. The van der Waals surface area contributed by atoms with Crippen LogP contribution < -0.4 is 15.4 Å². The number of nitrogens with zero attached hydrogens (tertiary/aromatic N) is 1. The van der Waals surface area contributed by atoms with E-state index in [0.29, 0.717) is 24.8 Å². The van der Waals surface area contributed by atoms with E-state index in [9.17, 15) is 26.4 Å². The highest BCUT2D eigenvalue weighted by Crippen LogP contribution is 2.31. The van der Waals surface area contributed by atoms with Gasteiger partial charge in [0.05, 0.1) is 24.9 Å². The predicted octanol–water partition coefficient (Wildman–Crippen LogP) is 4.87. The third kappa shape index (κ3) is 7.01. The van der Waals surface area contributed by atoms with Gasteiger partial charge in [-0.15, -0.1) is 0 Å². The second-order valence-corrected chi connectivity index (χ2v) is 12.4. The van der Waals surface area contributed by atoms with Crippen molar-refractivity contribution in [3.05, 3.63) is 101 Å². The quantitative estimate of drug-likeness (QED) is 0.464. The number of carbonyl (C=O) groups excluding carboxylic acids is 1. The Kier molecular flexibility index (Phi) is 8.57. The van der Waals surface area contributed by atoms with Crippen LogP contribution in [-0.2, 0) is 34.2 Å². The fraction of sp³-hybridized carbons (Fsp3) is 0.345. The molecule has 2 atom stereocenters. The Morgan fingerprint density at radius 3 is 2.40 bits per heavy atom. The van der Waals surface area contributed by atoms with Gasteiger partial charge in [-0.1, -0.05) is 54.6 Å². The van der Waals surface area contributed by atoms with Gasteiger partial charge in [-0.05, 0) is 66.6 Å². The summed E-state index contributed by atoms with van der Waals surface area (Å²) in [6, 6.07) is 20.9. The minimum absolute atomic E-state index is 0.00542. The van der Waals surface area contributed by atoms with Crippen LogP contribution in [0, 0.1) is 0 Å². The van der Waals surface area contributed by atoms with Gasteiger partial charge in [-0.2, -0.15) is 21.6 Å². The van der Waals surface area contributed by atoms with Crippen molar-refractivity contribution in [1.82, 2.24) is 5.32 Å². The van der Waals surface area contributed by atoms with Gasteiger partial charge in [0.15, 0.2) is 0 Å². The number of rotatable bonds is 3. The topological polar surface area (TPSA) is 102 Å². The molecule has 1 aliphatic rings. The van der Waals surface area contributed by atoms with E-state index >= 15 is 0 Å².